The van der Waals surface area contributed by atoms with E-state index >= 15 is 0 Å². The molecule has 2 unspecified atom stereocenters. The van der Waals surface area contributed by atoms with Crippen molar-refractivity contribution in [2.75, 3.05) is 13.2 Å². The van der Waals surface area contributed by atoms with E-state index in [4.69, 9.17) is 4.74 Å². The Morgan fingerprint density at radius 3 is 2.81 bits per heavy atom. The number of hydrogen-bond donors (Lipinski definition) is 1. The highest BCUT2D eigenvalue weighted by atomic mass is 19.1. The van der Waals surface area contributed by atoms with Gasteiger partial charge in [-0.1, -0.05) is 0 Å². The summed E-state index contributed by atoms with van der Waals surface area (Å²) in [5.41, 5.74) is -1.38. The van der Waals surface area contributed by atoms with Crippen molar-refractivity contribution in [3.05, 3.63) is 35.4 Å². The topological polar surface area (TPSA) is 29.5 Å². The van der Waals surface area contributed by atoms with E-state index in [2.05, 4.69) is 0 Å². The molecule has 88 valence electrons. The SMILES string of the molecule is CC(O)(c1cc(F)ccc1F)C1CCOC1. The van der Waals surface area contributed by atoms with Gasteiger partial charge in [-0.2, -0.15) is 0 Å². The highest BCUT2D eigenvalue weighted by Crippen LogP contribution is 2.36. The van der Waals surface area contributed by atoms with Gasteiger partial charge in [0, 0.05) is 18.1 Å². The summed E-state index contributed by atoms with van der Waals surface area (Å²) in [6.07, 6.45) is 0.656. The van der Waals surface area contributed by atoms with Gasteiger partial charge in [0.05, 0.1) is 12.2 Å². The minimum Gasteiger partial charge on any atom is -0.385 e. The van der Waals surface area contributed by atoms with Crippen molar-refractivity contribution < 1.29 is 18.6 Å². The van der Waals surface area contributed by atoms with Crippen molar-refractivity contribution in [1.29, 1.82) is 0 Å². The van der Waals surface area contributed by atoms with Crippen molar-refractivity contribution in [2.45, 2.75) is 18.9 Å². The van der Waals surface area contributed by atoms with Crippen LogP contribution in [0, 0.1) is 17.6 Å². The molecule has 1 N–H and O–H groups in total. The Morgan fingerprint density at radius 1 is 1.44 bits per heavy atom. The van der Waals surface area contributed by atoms with Crippen LogP contribution in [0.4, 0.5) is 8.78 Å². The van der Waals surface area contributed by atoms with Crippen LogP contribution in [0.2, 0.25) is 0 Å². The van der Waals surface area contributed by atoms with E-state index in [1.54, 1.807) is 0 Å². The molecule has 2 rings (SSSR count). The summed E-state index contributed by atoms with van der Waals surface area (Å²) in [5, 5.41) is 10.3. The lowest BCUT2D eigenvalue weighted by molar-refractivity contribution is -0.0129. The highest BCUT2D eigenvalue weighted by molar-refractivity contribution is 5.25. The maximum atomic E-state index is 13.6. The van der Waals surface area contributed by atoms with E-state index in [0.29, 0.717) is 19.6 Å². The molecule has 1 heterocycles. The third kappa shape index (κ3) is 1.95. The van der Waals surface area contributed by atoms with Gasteiger partial charge < -0.3 is 9.84 Å². The molecule has 0 bridgehead atoms. The first-order chi connectivity index (χ1) is 7.51. The summed E-state index contributed by atoms with van der Waals surface area (Å²) in [6.45, 7) is 2.44. The number of halogens is 2. The predicted molar refractivity (Wildman–Crippen MR) is 54.9 cm³/mol. The summed E-state index contributed by atoms with van der Waals surface area (Å²) in [6, 6.07) is 3.13. The summed E-state index contributed by atoms with van der Waals surface area (Å²) in [4.78, 5) is 0. The molecule has 1 aliphatic rings. The van der Waals surface area contributed by atoms with Crippen molar-refractivity contribution in [3.63, 3.8) is 0 Å². The average Bonchev–Trinajstić information content (AvgIpc) is 2.75. The molecule has 2 atom stereocenters. The average molecular weight is 228 g/mol. The first kappa shape index (κ1) is 11.5. The van der Waals surface area contributed by atoms with Crippen molar-refractivity contribution in [1.82, 2.24) is 0 Å². The standard InChI is InChI=1S/C12H14F2O2/c1-12(15,8-4-5-16-7-8)10-6-9(13)2-3-11(10)14/h2-3,6,8,15H,4-5,7H2,1H3. The molecule has 0 spiro atoms. The van der Waals surface area contributed by atoms with Crippen LogP contribution in [0.25, 0.3) is 0 Å². The third-order valence-corrected chi connectivity index (χ3v) is 3.20. The lowest BCUT2D eigenvalue weighted by atomic mass is 9.82. The summed E-state index contributed by atoms with van der Waals surface area (Å²) >= 11 is 0. The second-order valence-corrected chi connectivity index (χ2v) is 4.33. The van der Waals surface area contributed by atoms with Crippen molar-refractivity contribution in [3.8, 4) is 0 Å². The molecule has 0 aromatic heterocycles. The zero-order valence-corrected chi connectivity index (χ0v) is 9.04. The summed E-state index contributed by atoms with van der Waals surface area (Å²) in [7, 11) is 0. The van der Waals surface area contributed by atoms with Crippen LogP contribution in [0.5, 0.6) is 0 Å². The molecule has 0 radical (unpaired) electrons. The van der Waals surface area contributed by atoms with Crippen LogP contribution in [-0.2, 0) is 10.3 Å². The van der Waals surface area contributed by atoms with Gasteiger partial charge in [-0.3, -0.25) is 0 Å². The van der Waals surface area contributed by atoms with Crippen LogP contribution < -0.4 is 0 Å². The smallest absolute Gasteiger partial charge is 0.129 e. The van der Waals surface area contributed by atoms with Crippen LogP contribution in [0.3, 0.4) is 0 Å². The van der Waals surface area contributed by atoms with Gasteiger partial charge >= 0.3 is 0 Å². The minimum atomic E-state index is -1.39. The van der Waals surface area contributed by atoms with E-state index < -0.39 is 17.2 Å². The molecule has 4 heteroatoms. The predicted octanol–water partition coefficient (Wildman–Crippen LogP) is 2.21. The number of benzene rings is 1. The molecule has 1 fully saturated rings. The third-order valence-electron chi connectivity index (χ3n) is 3.20. The van der Waals surface area contributed by atoms with Gasteiger partial charge in [-0.05, 0) is 31.5 Å². The fourth-order valence-electron chi connectivity index (χ4n) is 2.08. The molecule has 16 heavy (non-hydrogen) atoms. The first-order valence-electron chi connectivity index (χ1n) is 5.27. The van der Waals surface area contributed by atoms with Gasteiger partial charge in [0.2, 0.25) is 0 Å². The molecular weight excluding hydrogens is 214 g/mol. The number of hydrogen-bond acceptors (Lipinski definition) is 2. The zero-order chi connectivity index (χ0) is 11.8. The monoisotopic (exact) mass is 228 g/mol. The second kappa shape index (κ2) is 4.11. The Balaban J connectivity index is 2.37. The molecular formula is C12H14F2O2. The maximum absolute atomic E-state index is 13.6. The number of aliphatic hydroxyl groups is 1. The minimum absolute atomic E-state index is 0.00278. The van der Waals surface area contributed by atoms with E-state index in [1.165, 1.54) is 6.92 Å². The van der Waals surface area contributed by atoms with E-state index in [1.807, 2.05) is 0 Å². The molecule has 1 aromatic carbocycles. The lowest BCUT2D eigenvalue weighted by Gasteiger charge is -2.29. The van der Waals surface area contributed by atoms with Gasteiger partial charge in [0.15, 0.2) is 0 Å². The van der Waals surface area contributed by atoms with Crippen LogP contribution in [0.1, 0.15) is 18.9 Å². The first-order valence-corrected chi connectivity index (χ1v) is 5.27. The Morgan fingerprint density at radius 2 is 2.19 bits per heavy atom. The number of ether oxygens (including phenoxy) is 1. The number of rotatable bonds is 2. The van der Waals surface area contributed by atoms with Crippen molar-refractivity contribution >= 4 is 0 Å². The van der Waals surface area contributed by atoms with Crippen LogP contribution in [-0.4, -0.2) is 18.3 Å². The van der Waals surface area contributed by atoms with Gasteiger partial charge in [0.1, 0.15) is 11.6 Å². The fourth-order valence-corrected chi connectivity index (χ4v) is 2.08. The van der Waals surface area contributed by atoms with Crippen LogP contribution in [0.15, 0.2) is 18.2 Å². The molecule has 1 aliphatic heterocycles. The second-order valence-electron chi connectivity index (χ2n) is 4.33. The Labute approximate surface area is 92.9 Å². The molecule has 0 amide bonds. The summed E-state index contributed by atoms with van der Waals surface area (Å²) in [5.74, 6) is -1.32. The normalized spacial score (nSPS) is 24.4. The Hall–Kier alpha value is -1.00. The quantitative estimate of drug-likeness (QED) is 0.841. The highest BCUT2D eigenvalue weighted by Gasteiger charge is 2.38. The molecule has 0 saturated carbocycles. The molecule has 0 aliphatic carbocycles. The van der Waals surface area contributed by atoms with Crippen molar-refractivity contribution in [2.24, 2.45) is 5.92 Å². The van der Waals surface area contributed by atoms with Gasteiger partial charge in [-0.25, -0.2) is 8.78 Å². The molecule has 1 saturated heterocycles. The van der Waals surface area contributed by atoms with Gasteiger partial charge in [-0.15, -0.1) is 0 Å². The fraction of sp³-hybridized carbons (Fsp3) is 0.500. The van der Waals surface area contributed by atoms with E-state index in [-0.39, 0.29) is 11.5 Å². The lowest BCUT2D eigenvalue weighted by Crippen LogP contribution is -2.33. The zero-order valence-electron chi connectivity index (χ0n) is 9.04. The van der Waals surface area contributed by atoms with E-state index in [9.17, 15) is 13.9 Å². The molecule has 2 nitrogen and oxygen atoms in total. The Kier molecular flexibility index (Phi) is 2.95. The largest absolute Gasteiger partial charge is 0.385 e. The van der Waals surface area contributed by atoms with E-state index in [0.717, 1.165) is 18.2 Å². The maximum Gasteiger partial charge on any atom is 0.129 e. The van der Waals surface area contributed by atoms with Gasteiger partial charge in [0.25, 0.3) is 0 Å². The Bertz CT molecular complexity index is 385. The summed E-state index contributed by atoms with van der Waals surface area (Å²) < 4.78 is 31.8. The van der Waals surface area contributed by atoms with Crippen LogP contribution >= 0.6 is 0 Å². The molecule has 1 aromatic rings.